The van der Waals surface area contributed by atoms with E-state index in [0.29, 0.717) is 19.4 Å². The fourth-order valence-corrected chi connectivity index (χ4v) is 2.59. The van der Waals surface area contributed by atoms with Gasteiger partial charge in [-0.3, -0.25) is 9.59 Å². The molecule has 1 unspecified atom stereocenters. The first kappa shape index (κ1) is 18.4. The number of nitrogens with two attached hydrogens (primary N) is 1. The third-order valence-corrected chi connectivity index (χ3v) is 4.03. The lowest BCUT2D eigenvalue weighted by Crippen LogP contribution is -2.45. The lowest BCUT2D eigenvalue weighted by atomic mass is 10.1. The number of carbonyl (C=O) groups is 2. The van der Waals surface area contributed by atoms with Crippen LogP contribution in [0, 0.1) is 0 Å². The maximum atomic E-state index is 12.1. The molecule has 1 aromatic rings. The predicted molar refractivity (Wildman–Crippen MR) is 90.7 cm³/mol. The van der Waals surface area contributed by atoms with E-state index in [9.17, 15) is 9.59 Å². The number of hydrogen-bond donors (Lipinski definition) is 3. The van der Waals surface area contributed by atoms with E-state index in [1.54, 1.807) is 17.4 Å². The lowest BCUT2D eigenvalue weighted by molar-refractivity contribution is -0.123. The van der Waals surface area contributed by atoms with E-state index in [-0.39, 0.29) is 17.9 Å². The summed E-state index contributed by atoms with van der Waals surface area (Å²) in [6.45, 7) is 4.59. The molecule has 0 saturated carbocycles. The van der Waals surface area contributed by atoms with E-state index < -0.39 is 6.04 Å². The van der Waals surface area contributed by atoms with Gasteiger partial charge in [0.1, 0.15) is 0 Å². The van der Waals surface area contributed by atoms with Crippen molar-refractivity contribution in [3.05, 3.63) is 34.5 Å². The summed E-state index contributed by atoms with van der Waals surface area (Å²) in [6.07, 6.45) is 5.30. The minimum Gasteiger partial charge on any atom is -0.353 e. The third kappa shape index (κ3) is 6.87. The molecule has 2 amide bonds. The molecule has 0 fully saturated rings. The second-order valence-electron chi connectivity index (χ2n) is 5.06. The Morgan fingerprint density at radius 1 is 1.41 bits per heavy atom. The first-order valence-corrected chi connectivity index (χ1v) is 8.49. The van der Waals surface area contributed by atoms with Crippen molar-refractivity contribution in [2.75, 3.05) is 6.54 Å². The second-order valence-corrected chi connectivity index (χ2v) is 6.10. The molecule has 1 aromatic heterocycles. The van der Waals surface area contributed by atoms with Crippen LogP contribution >= 0.6 is 11.3 Å². The zero-order chi connectivity index (χ0) is 16.4. The van der Waals surface area contributed by atoms with Crippen molar-refractivity contribution in [3.8, 4) is 0 Å². The fourth-order valence-electron chi connectivity index (χ4n) is 1.82. The van der Waals surface area contributed by atoms with Gasteiger partial charge in [-0.2, -0.15) is 0 Å². The van der Waals surface area contributed by atoms with E-state index in [4.69, 9.17) is 5.73 Å². The molecule has 1 heterocycles. The second kappa shape index (κ2) is 10.1. The predicted octanol–water partition coefficient (Wildman–Crippen LogP) is 1.60. The zero-order valence-corrected chi connectivity index (χ0v) is 14.0. The van der Waals surface area contributed by atoms with Crippen LogP contribution in [0.25, 0.3) is 0 Å². The number of rotatable bonds is 9. The van der Waals surface area contributed by atoms with Crippen LogP contribution in [0.1, 0.15) is 31.6 Å². The van der Waals surface area contributed by atoms with Gasteiger partial charge in [0.2, 0.25) is 11.8 Å². The van der Waals surface area contributed by atoms with Crippen LogP contribution in [-0.4, -0.2) is 30.4 Å². The van der Waals surface area contributed by atoms with Gasteiger partial charge in [0.15, 0.2) is 0 Å². The van der Waals surface area contributed by atoms with Crippen molar-refractivity contribution < 1.29 is 9.59 Å². The Bertz CT molecular complexity index is 486. The topological polar surface area (TPSA) is 84.2 Å². The van der Waals surface area contributed by atoms with Crippen LogP contribution in [0.2, 0.25) is 0 Å². The van der Waals surface area contributed by atoms with Crippen molar-refractivity contribution in [1.82, 2.24) is 10.6 Å². The van der Waals surface area contributed by atoms with Gasteiger partial charge in [0, 0.05) is 30.0 Å². The molecule has 0 aliphatic carbocycles. The number of hydrogen-bond acceptors (Lipinski definition) is 4. The normalized spacial score (nSPS) is 13.8. The first-order chi connectivity index (χ1) is 10.6. The average Bonchev–Trinajstić information content (AvgIpc) is 3.01. The molecule has 22 heavy (non-hydrogen) atoms. The van der Waals surface area contributed by atoms with Gasteiger partial charge in [0.05, 0.1) is 6.04 Å². The highest BCUT2D eigenvalue weighted by molar-refractivity contribution is 7.09. The molecule has 0 aliphatic heterocycles. The van der Waals surface area contributed by atoms with Gasteiger partial charge >= 0.3 is 0 Å². The van der Waals surface area contributed by atoms with Gasteiger partial charge in [-0.15, -0.1) is 11.3 Å². The summed E-state index contributed by atoms with van der Waals surface area (Å²) >= 11 is 1.59. The van der Waals surface area contributed by atoms with Gasteiger partial charge in [-0.25, -0.2) is 0 Å². The molecule has 0 bridgehead atoms. The highest BCUT2D eigenvalue weighted by atomic mass is 32.1. The van der Waals surface area contributed by atoms with Gasteiger partial charge in [-0.1, -0.05) is 26.0 Å². The maximum Gasteiger partial charge on any atom is 0.243 e. The highest BCUT2D eigenvalue weighted by Crippen LogP contribution is 2.10. The first-order valence-electron chi connectivity index (χ1n) is 7.61. The number of nitrogens with one attached hydrogen (secondary N) is 2. The summed E-state index contributed by atoms with van der Waals surface area (Å²) in [5, 5.41) is 7.58. The van der Waals surface area contributed by atoms with E-state index in [0.717, 1.165) is 11.3 Å². The molecular formula is C16H25N3O2S. The molecule has 5 nitrogen and oxygen atoms in total. The molecule has 122 valence electrons. The fraction of sp³-hybridized carbons (Fsp3) is 0.500. The molecule has 0 radical (unpaired) electrons. The molecule has 0 saturated heterocycles. The minimum atomic E-state index is -0.574. The van der Waals surface area contributed by atoms with Crippen molar-refractivity contribution in [2.24, 2.45) is 5.73 Å². The number of carbonyl (C=O) groups excluding carboxylic acids is 2. The van der Waals surface area contributed by atoms with Crippen LogP contribution in [0.5, 0.6) is 0 Å². The van der Waals surface area contributed by atoms with Crippen molar-refractivity contribution >= 4 is 23.2 Å². The monoisotopic (exact) mass is 323 g/mol. The quantitative estimate of drug-likeness (QED) is 0.604. The van der Waals surface area contributed by atoms with Crippen molar-refractivity contribution in [1.29, 1.82) is 0 Å². The van der Waals surface area contributed by atoms with Gasteiger partial charge < -0.3 is 16.4 Å². The summed E-state index contributed by atoms with van der Waals surface area (Å²) in [5.41, 5.74) is 5.92. The SMILES string of the molecule is CCCNC(=O)C=CC(CC)NC(=O)[C@@H](N)Cc1cccs1. The number of thiophene rings is 1. The Morgan fingerprint density at radius 3 is 2.77 bits per heavy atom. The van der Waals surface area contributed by atoms with Crippen LogP contribution in [0.4, 0.5) is 0 Å². The molecule has 4 N–H and O–H groups in total. The number of amides is 2. The Labute approximate surface area is 136 Å². The molecule has 0 aliphatic rings. The lowest BCUT2D eigenvalue weighted by Gasteiger charge is -2.16. The third-order valence-electron chi connectivity index (χ3n) is 3.13. The Morgan fingerprint density at radius 2 is 2.18 bits per heavy atom. The molecule has 2 atom stereocenters. The molecular weight excluding hydrogens is 298 g/mol. The van der Waals surface area contributed by atoms with Crippen molar-refractivity contribution in [2.45, 2.75) is 45.2 Å². The molecule has 0 aromatic carbocycles. The average molecular weight is 323 g/mol. The Kier molecular flexibility index (Phi) is 8.47. The van der Waals surface area contributed by atoms with Crippen LogP contribution < -0.4 is 16.4 Å². The standard InChI is InChI=1S/C16H25N3O2S/c1-3-9-18-15(20)8-7-12(4-2)19-16(21)14(17)11-13-6-5-10-22-13/h5-8,10,12,14H,3-4,9,11,17H2,1-2H3,(H,18,20)(H,19,21)/t12?,14-/m0/s1. The summed E-state index contributed by atoms with van der Waals surface area (Å²) in [4.78, 5) is 24.7. The van der Waals surface area contributed by atoms with E-state index in [2.05, 4.69) is 10.6 Å². The van der Waals surface area contributed by atoms with Crippen LogP contribution in [0.3, 0.4) is 0 Å². The van der Waals surface area contributed by atoms with Crippen LogP contribution in [0.15, 0.2) is 29.7 Å². The van der Waals surface area contributed by atoms with Crippen molar-refractivity contribution in [3.63, 3.8) is 0 Å². The van der Waals surface area contributed by atoms with Gasteiger partial charge in [-0.05, 0) is 24.3 Å². The van der Waals surface area contributed by atoms with E-state index in [1.807, 2.05) is 31.4 Å². The highest BCUT2D eigenvalue weighted by Gasteiger charge is 2.16. The Hall–Kier alpha value is -1.66. The van der Waals surface area contributed by atoms with E-state index in [1.165, 1.54) is 6.08 Å². The zero-order valence-electron chi connectivity index (χ0n) is 13.2. The summed E-state index contributed by atoms with van der Waals surface area (Å²) in [5.74, 6) is -0.337. The minimum absolute atomic E-state index is 0.141. The molecule has 0 spiro atoms. The van der Waals surface area contributed by atoms with E-state index >= 15 is 0 Å². The summed E-state index contributed by atoms with van der Waals surface area (Å²) < 4.78 is 0. The van der Waals surface area contributed by atoms with Gasteiger partial charge in [0.25, 0.3) is 0 Å². The molecule has 6 heteroatoms. The smallest absolute Gasteiger partial charge is 0.243 e. The largest absolute Gasteiger partial charge is 0.353 e. The molecule has 1 rings (SSSR count). The summed E-state index contributed by atoms with van der Waals surface area (Å²) in [6, 6.07) is 3.15. The maximum absolute atomic E-state index is 12.1. The summed E-state index contributed by atoms with van der Waals surface area (Å²) in [7, 11) is 0. The Balaban J connectivity index is 2.45. The van der Waals surface area contributed by atoms with Crippen LogP contribution in [-0.2, 0) is 16.0 Å².